The lowest BCUT2D eigenvalue weighted by Gasteiger charge is -2.30. The number of aromatic nitrogens is 3. The number of thioether (sulfide) groups is 1. The van der Waals surface area contributed by atoms with Crippen LogP contribution in [0.15, 0.2) is 5.16 Å². The molecule has 1 aromatic rings. The number of carbonyl (C=O) groups is 1. The van der Waals surface area contributed by atoms with Gasteiger partial charge in [-0.1, -0.05) is 11.8 Å². The van der Waals surface area contributed by atoms with Crippen molar-refractivity contribution in [2.75, 3.05) is 38.6 Å². The number of rotatable bonds is 7. The molecule has 118 valence electrons. The van der Waals surface area contributed by atoms with Crippen molar-refractivity contribution in [3.8, 4) is 0 Å². The average Bonchev–Trinajstić information content (AvgIpc) is 2.89. The lowest BCUT2D eigenvalue weighted by Crippen LogP contribution is -2.39. The Hall–Kier alpha value is -1.16. The molecule has 1 aliphatic rings. The van der Waals surface area contributed by atoms with Crippen molar-refractivity contribution < 1.29 is 19.7 Å². The first kappa shape index (κ1) is 16.2. The number of hydrogen-bond acceptors (Lipinski definition) is 7. The van der Waals surface area contributed by atoms with E-state index < -0.39 is 5.97 Å². The van der Waals surface area contributed by atoms with Crippen molar-refractivity contribution in [2.24, 2.45) is 0 Å². The maximum absolute atomic E-state index is 10.7. The summed E-state index contributed by atoms with van der Waals surface area (Å²) < 4.78 is 7.15. The van der Waals surface area contributed by atoms with Crippen LogP contribution in [0.5, 0.6) is 0 Å². The number of nitrogens with zero attached hydrogens (tertiary/aromatic N) is 4. The average molecular weight is 316 g/mol. The van der Waals surface area contributed by atoms with Crippen LogP contribution in [0.1, 0.15) is 18.8 Å². The van der Waals surface area contributed by atoms with Gasteiger partial charge in [0.1, 0.15) is 6.61 Å². The summed E-state index contributed by atoms with van der Waals surface area (Å²) in [4.78, 5) is 13.0. The number of aliphatic hydroxyl groups is 1. The van der Waals surface area contributed by atoms with Gasteiger partial charge in [0.15, 0.2) is 11.0 Å². The summed E-state index contributed by atoms with van der Waals surface area (Å²) in [5.74, 6) is -0.516. The van der Waals surface area contributed by atoms with E-state index >= 15 is 0 Å². The molecule has 1 unspecified atom stereocenters. The molecule has 0 bridgehead atoms. The molecule has 1 aromatic heterocycles. The Morgan fingerprint density at radius 3 is 2.76 bits per heavy atom. The van der Waals surface area contributed by atoms with E-state index in [4.69, 9.17) is 9.84 Å². The third-order valence-corrected chi connectivity index (χ3v) is 4.20. The summed E-state index contributed by atoms with van der Waals surface area (Å²) in [6.07, 6.45) is 0. The third kappa shape index (κ3) is 4.40. The molecule has 0 spiro atoms. The Labute approximate surface area is 127 Å². The van der Waals surface area contributed by atoms with Crippen molar-refractivity contribution in [3.63, 3.8) is 0 Å². The summed E-state index contributed by atoms with van der Waals surface area (Å²) in [5, 5.41) is 26.6. The number of aliphatic carboxylic acids is 1. The Kier molecular flexibility index (Phi) is 5.97. The van der Waals surface area contributed by atoms with E-state index in [0.29, 0.717) is 11.0 Å². The van der Waals surface area contributed by atoms with Crippen molar-refractivity contribution in [1.29, 1.82) is 0 Å². The standard InChI is InChI=1S/C12H20N4O4S/c1-9(6-15-2-4-20-5-3-15)16-10(7-17)13-14-12(16)21-8-11(18)19/h9,17H,2-8H2,1H3,(H,18,19). The second-order valence-electron chi connectivity index (χ2n) is 4.87. The van der Waals surface area contributed by atoms with Crippen molar-refractivity contribution in [1.82, 2.24) is 19.7 Å². The summed E-state index contributed by atoms with van der Waals surface area (Å²) in [5.41, 5.74) is 0. The smallest absolute Gasteiger partial charge is 0.313 e. The van der Waals surface area contributed by atoms with Crippen LogP contribution in [0.3, 0.4) is 0 Å². The fourth-order valence-electron chi connectivity index (χ4n) is 2.32. The molecule has 1 aliphatic heterocycles. The Morgan fingerprint density at radius 2 is 2.14 bits per heavy atom. The molecule has 1 saturated heterocycles. The van der Waals surface area contributed by atoms with Crippen LogP contribution < -0.4 is 0 Å². The van der Waals surface area contributed by atoms with Gasteiger partial charge in [0, 0.05) is 25.7 Å². The minimum atomic E-state index is -0.902. The van der Waals surface area contributed by atoms with Gasteiger partial charge in [0.2, 0.25) is 0 Å². The van der Waals surface area contributed by atoms with E-state index in [-0.39, 0.29) is 18.4 Å². The predicted molar refractivity (Wildman–Crippen MR) is 76.3 cm³/mol. The molecule has 1 atom stereocenters. The van der Waals surface area contributed by atoms with E-state index in [2.05, 4.69) is 15.1 Å². The summed E-state index contributed by atoms with van der Waals surface area (Å²) in [6, 6.07) is 0.0524. The SMILES string of the molecule is CC(CN1CCOCC1)n1c(CO)nnc1SCC(=O)O. The minimum absolute atomic E-state index is 0.0524. The van der Waals surface area contributed by atoms with Gasteiger partial charge < -0.3 is 14.9 Å². The van der Waals surface area contributed by atoms with Crippen LogP contribution in [-0.4, -0.2) is 74.4 Å². The summed E-state index contributed by atoms with van der Waals surface area (Å²) >= 11 is 1.12. The Bertz CT molecular complexity index is 476. The van der Waals surface area contributed by atoms with Gasteiger partial charge in [-0.15, -0.1) is 10.2 Å². The number of carboxylic acid groups (broad SMARTS) is 1. The minimum Gasteiger partial charge on any atom is -0.481 e. The first-order valence-electron chi connectivity index (χ1n) is 6.81. The Balaban J connectivity index is 2.07. The van der Waals surface area contributed by atoms with Gasteiger partial charge in [-0.05, 0) is 6.92 Å². The molecule has 0 amide bonds. The maximum Gasteiger partial charge on any atom is 0.313 e. The fraction of sp³-hybridized carbons (Fsp3) is 0.750. The zero-order valence-corrected chi connectivity index (χ0v) is 12.8. The molecule has 0 saturated carbocycles. The second kappa shape index (κ2) is 7.74. The number of morpholine rings is 1. The predicted octanol–water partition coefficient (Wildman–Crippen LogP) is -0.160. The van der Waals surface area contributed by atoms with E-state index in [1.165, 1.54) is 0 Å². The molecule has 0 aliphatic carbocycles. The van der Waals surface area contributed by atoms with Gasteiger partial charge in [-0.3, -0.25) is 14.3 Å². The first-order valence-corrected chi connectivity index (χ1v) is 7.79. The lowest BCUT2D eigenvalue weighted by molar-refractivity contribution is -0.133. The van der Waals surface area contributed by atoms with Gasteiger partial charge in [-0.2, -0.15) is 0 Å². The van der Waals surface area contributed by atoms with Gasteiger partial charge in [0.25, 0.3) is 0 Å². The van der Waals surface area contributed by atoms with Crippen LogP contribution >= 0.6 is 11.8 Å². The largest absolute Gasteiger partial charge is 0.481 e. The van der Waals surface area contributed by atoms with Gasteiger partial charge >= 0.3 is 5.97 Å². The topological polar surface area (TPSA) is 101 Å². The fourth-order valence-corrected chi connectivity index (χ4v) is 3.10. The lowest BCUT2D eigenvalue weighted by atomic mass is 10.3. The molecule has 2 N–H and O–H groups in total. The maximum atomic E-state index is 10.7. The van der Waals surface area contributed by atoms with E-state index in [9.17, 15) is 9.90 Å². The highest BCUT2D eigenvalue weighted by molar-refractivity contribution is 7.99. The molecule has 1 fully saturated rings. The molecule has 0 radical (unpaired) electrons. The van der Waals surface area contributed by atoms with Crippen molar-refractivity contribution in [3.05, 3.63) is 5.82 Å². The van der Waals surface area contributed by atoms with Crippen molar-refractivity contribution >= 4 is 17.7 Å². The van der Waals surface area contributed by atoms with Crippen LogP contribution in [0.4, 0.5) is 0 Å². The van der Waals surface area contributed by atoms with E-state index in [1.54, 1.807) is 0 Å². The second-order valence-corrected chi connectivity index (χ2v) is 5.81. The van der Waals surface area contributed by atoms with E-state index in [1.807, 2.05) is 11.5 Å². The number of hydrogen-bond donors (Lipinski definition) is 2. The number of ether oxygens (including phenoxy) is 1. The summed E-state index contributed by atoms with van der Waals surface area (Å²) in [6.45, 7) is 5.79. The third-order valence-electron chi connectivity index (χ3n) is 3.27. The Morgan fingerprint density at radius 1 is 1.43 bits per heavy atom. The molecular weight excluding hydrogens is 296 g/mol. The summed E-state index contributed by atoms with van der Waals surface area (Å²) in [7, 11) is 0. The highest BCUT2D eigenvalue weighted by Gasteiger charge is 2.21. The normalized spacial score (nSPS) is 17.8. The zero-order chi connectivity index (χ0) is 15.2. The molecule has 8 nitrogen and oxygen atoms in total. The van der Waals surface area contributed by atoms with Gasteiger partial charge in [-0.25, -0.2) is 0 Å². The van der Waals surface area contributed by atoms with Crippen LogP contribution in [0.25, 0.3) is 0 Å². The number of carboxylic acids is 1. The number of aliphatic hydroxyl groups excluding tert-OH is 1. The molecule has 2 rings (SSSR count). The zero-order valence-electron chi connectivity index (χ0n) is 11.9. The first-order chi connectivity index (χ1) is 10.1. The highest BCUT2D eigenvalue weighted by Crippen LogP contribution is 2.22. The molecule has 0 aromatic carbocycles. The highest BCUT2D eigenvalue weighted by atomic mass is 32.2. The van der Waals surface area contributed by atoms with Crippen molar-refractivity contribution in [2.45, 2.75) is 24.7 Å². The molecular formula is C12H20N4O4S. The van der Waals surface area contributed by atoms with Crippen LogP contribution in [0.2, 0.25) is 0 Å². The molecule has 2 heterocycles. The van der Waals surface area contributed by atoms with Crippen LogP contribution in [-0.2, 0) is 16.1 Å². The van der Waals surface area contributed by atoms with Crippen LogP contribution in [0, 0.1) is 0 Å². The monoisotopic (exact) mass is 316 g/mol. The molecule has 9 heteroatoms. The molecule has 21 heavy (non-hydrogen) atoms. The quantitative estimate of drug-likeness (QED) is 0.669. The van der Waals surface area contributed by atoms with E-state index in [0.717, 1.165) is 44.6 Å². The van der Waals surface area contributed by atoms with Gasteiger partial charge in [0.05, 0.1) is 19.0 Å².